The fourth-order valence-corrected chi connectivity index (χ4v) is 2.93. The van der Waals surface area contributed by atoms with Gasteiger partial charge in [-0.25, -0.2) is 0 Å². The molecule has 0 aromatic heterocycles. The van der Waals surface area contributed by atoms with Crippen LogP contribution in [0.15, 0.2) is 24.3 Å². The zero-order valence-corrected chi connectivity index (χ0v) is 15.3. The monoisotopic (exact) mass is 348 g/mol. The van der Waals surface area contributed by atoms with Crippen molar-refractivity contribution in [2.24, 2.45) is 0 Å². The smallest absolute Gasteiger partial charge is 0.119 e. The number of hydrogen-bond donors (Lipinski definition) is 1. The average Bonchev–Trinajstić information content (AvgIpc) is 2.50. The molecule has 0 amide bonds. The van der Waals surface area contributed by atoms with Crippen molar-refractivity contribution in [3.63, 3.8) is 0 Å². The van der Waals surface area contributed by atoms with Crippen molar-refractivity contribution in [2.45, 2.75) is 39.2 Å². The lowest BCUT2D eigenvalue weighted by atomic mass is 9.98. The van der Waals surface area contributed by atoms with Gasteiger partial charge in [0.25, 0.3) is 0 Å². The van der Waals surface area contributed by atoms with Gasteiger partial charge in [0, 0.05) is 32.2 Å². The van der Waals surface area contributed by atoms with E-state index in [9.17, 15) is 0 Å². The van der Waals surface area contributed by atoms with Gasteiger partial charge in [-0.1, -0.05) is 31.9 Å². The molecule has 0 bridgehead atoms. The largest absolute Gasteiger partial charge is 0.494 e. The Morgan fingerprint density at radius 2 is 1.91 bits per heavy atom. The molecule has 1 fully saturated rings. The van der Waals surface area contributed by atoms with E-state index in [1.54, 1.807) is 0 Å². The molecule has 0 unspecified atom stereocenters. The number of nitrogens with zero attached hydrogens (tertiary/aromatic N) is 1. The molecule has 1 aromatic rings. The molecular formula is C17H30Cl2N2O. The van der Waals surface area contributed by atoms with E-state index in [-0.39, 0.29) is 24.8 Å². The van der Waals surface area contributed by atoms with Gasteiger partial charge in [0.1, 0.15) is 5.75 Å². The van der Waals surface area contributed by atoms with Gasteiger partial charge in [0.2, 0.25) is 0 Å². The third kappa shape index (κ3) is 6.33. The summed E-state index contributed by atoms with van der Waals surface area (Å²) in [5.74, 6) is 1.00. The quantitative estimate of drug-likeness (QED) is 0.803. The molecule has 128 valence electrons. The second-order valence-corrected chi connectivity index (χ2v) is 5.45. The van der Waals surface area contributed by atoms with Crippen LogP contribution >= 0.6 is 24.8 Å². The molecule has 1 aromatic carbocycles. The van der Waals surface area contributed by atoms with Crippen molar-refractivity contribution in [2.75, 3.05) is 32.8 Å². The van der Waals surface area contributed by atoms with Crippen molar-refractivity contribution in [3.05, 3.63) is 29.8 Å². The van der Waals surface area contributed by atoms with Crippen molar-refractivity contribution in [1.82, 2.24) is 10.2 Å². The van der Waals surface area contributed by atoms with Gasteiger partial charge in [-0.3, -0.25) is 4.90 Å². The minimum Gasteiger partial charge on any atom is -0.494 e. The number of rotatable bonds is 7. The Morgan fingerprint density at radius 1 is 1.18 bits per heavy atom. The molecule has 5 heteroatoms. The van der Waals surface area contributed by atoms with Crippen LogP contribution in [-0.2, 0) is 0 Å². The molecular weight excluding hydrogens is 319 g/mol. The first kappa shape index (κ1) is 21.5. The van der Waals surface area contributed by atoms with Gasteiger partial charge in [0.15, 0.2) is 0 Å². The molecule has 0 aliphatic carbocycles. The van der Waals surface area contributed by atoms with Crippen LogP contribution < -0.4 is 10.1 Å². The van der Waals surface area contributed by atoms with E-state index in [4.69, 9.17) is 4.74 Å². The summed E-state index contributed by atoms with van der Waals surface area (Å²) in [4.78, 5) is 2.62. The van der Waals surface area contributed by atoms with E-state index < -0.39 is 0 Å². The number of halogens is 2. The number of ether oxygens (including phenoxy) is 1. The summed E-state index contributed by atoms with van der Waals surface area (Å²) in [7, 11) is 0. The second-order valence-electron chi connectivity index (χ2n) is 5.45. The highest BCUT2D eigenvalue weighted by Gasteiger charge is 2.21. The summed E-state index contributed by atoms with van der Waals surface area (Å²) in [6, 6.07) is 9.21. The van der Waals surface area contributed by atoms with Crippen LogP contribution in [0.1, 0.15) is 44.7 Å². The number of unbranched alkanes of at least 4 members (excludes halogenated alkanes) is 1. The lowest BCUT2D eigenvalue weighted by molar-refractivity contribution is 0.163. The van der Waals surface area contributed by atoms with Crippen molar-refractivity contribution in [1.29, 1.82) is 0 Å². The Bertz CT molecular complexity index is 398. The van der Waals surface area contributed by atoms with Crippen molar-refractivity contribution < 1.29 is 4.74 Å². The molecule has 0 radical (unpaired) electrons. The van der Waals surface area contributed by atoms with Crippen LogP contribution in [-0.4, -0.2) is 37.7 Å². The minimum atomic E-state index is 0. The van der Waals surface area contributed by atoms with Crippen LogP contribution in [0.25, 0.3) is 0 Å². The lowest BCUT2D eigenvalue weighted by Crippen LogP contribution is -2.45. The van der Waals surface area contributed by atoms with Gasteiger partial charge in [-0.05, 0) is 31.0 Å². The van der Waals surface area contributed by atoms with E-state index in [1.807, 2.05) is 6.92 Å². The lowest BCUT2D eigenvalue weighted by Gasteiger charge is -2.35. The molecule has 0 spiro atoms. The van der Waals surface area contributed by atoms with E-state index >= 15 is 0 Å². The van der Waals surface area contributed by atoms with Crippen molar-refractivity contribution in [3.8, 4) is 5.75 Å². The third-order valence-electron chi connectivity index (χ3n) is 3.98. The Kier molecular flexibility index (Phi) is 11.7. The molecule has 1 aliphatic heterocycles. The van der Waals surface area contributed by atoms with Gasteiger partial charge in [-0.15, -0.1) is 24.8 Å². The van der Waals surface area contributed by atoms with E-state index in [0.29, 0.717) is 6.04 Å². The summed E-state index contributed by atoms with van der Waals surface area (Å²) in [5, 5.41) is 3.44. The van der Waals surface area contributed by atoms with Crippen LogP contribution in [0.3, 0.4) is 0 Å². The summed E-state index contributed by atoms with van der Waals surface area (Å²) in [6.07, 6.45) is 3.78. The Labute approximate surface area is 147 Å². The second kappa shape index (κ2) is 12.0. The molecule has 1 N–H and O–H groups in total. The van der Waals surface area contributed by atoms with Crippen LogP contribution in [0.5, 0.6) is 5.75 Å². The average molecular weight is 349 g/mol. The van der Waals surface area contributed by atoms with Crippen LogP contribution in [0.2, 0.25) is 0 Å². The standard InChI is InChI=1S/C17H28N2O.2ClH/c1-3-5-9-17(19-12-10-18-11-13-19)15-7-6-8-16(14-15)20-4-2;;/h6-8,14,17-18H,3-5,9-13H2,1-2H3;2*1H/t17-;;/m1../s1. The molecule has 1 heterocycles. The van der Waals surface area contributed by atoms with E-state index in [1.165, 1.54) is 24.8 Å². The molecule has 0 saturated carbocycles. The first-order valence-corrected chi connectivity index (χ1v) is 8.02. The topological polar surface area (TPSA) is 24.5 Å². The molecule has 22 heavy (non-hydrogen) atoms. The summed E-state index contributed by atoms with van der Waals surface area (Å²) in [6.45, 7) is 9.54. The maximum Gasteiger partial charge on any atom is 0.119 e. The summed E-state index contributed by atoms with van der Waals surface area (Å²) < 4.78 is 5.66. The van der Waals surface area contributed by atoms with E-state index in [2.05, 4.69) is 41.4 Å². The zero-order chi connectivity index (χ0) is 14.2. The molecule has 3 nitrogen and oxygen atoms in total. The SMILES string of the molecule is CCCC[C@H](c1cccc(OCC)c1)N1CCNCC1.Cl.Cl. The first-order valence-electron chi connectivity index (χ1n) is 8.02. The number of hydrogen-bond acceptors (Lipinski definition) is 3. The number of piperazine rings is 1. The summed E-state index contributed by atoms with van der Waals surface area (Å²) >= 11 is 0. The van der Waals surface area contributed by atoms with Crippen LogP contribution in [0.4, 0.5) is 0 Å². The summed E-state index contributed by atoms with van der Waals surface area (Å²) in [5.41, 5.74) is 1.41. The highest BCUT2D eigenvalue weighted by molar-refractivity contribution is 5.85. The predicted octanol–water partition coefficient (Wildman–Crippen LogP) is 4.07. The minimum absolute atomic E-state index is 0. The maximum absolute atomic E-state index is 5.66. The Hall–Kier alpha value is -0.480. The zero-order valence-electron chi connectivity index (χ0n) is 13.7. The number of nitrogens with one attached hydrogen (secondary N) is 1. The Morgan fingerprint density at radius 3 is 2.55 bits per heavy atom. The number of benzene rings is 1. The van der Waals surface area contributed by atoms with Gasteiger partial charge >= 0.3 is 0 Å². The third-order valence-corrected chi connectivity index (χ3v) is 3.98. The first-order chi connectivity index (χ1) is 9.85. The van der Waals surface area contributed by atoms with Crippen molar-refractivity contribution >= 4 is 24.8 Å². The van der Waals surface area contributed by atoms with Gasteiger partial charge < -0.3 is 10.1 Å². The Balaban J connectivity index is 0.00000220. The van der Waals surface area contributed by atoms with Gasteiger partial charge in [-0.2, -0.15) is 0 Å². The maximum atomic E-state index is 5.66. The fraction of sp³-hybridized carbons (Fsp3) is 0.647. The highest BCUT2D eigenvalue weighted by Crippen LogP contribution is 2.29. The molecule has 1 saturated heterocycles. The molecule has 1 aliphatic rings. The normalized spacial score (nSPS) is 16.3. The fourth-order valence-electron chi connectivity index (χ4n) is 2.93. The highest BCUT2D eigenvalue weighted by atomic mass is 35.5. The van der Waals surface area contributed by atoms with Crippen LogP contribution in [0, 0.1) is 0 Å². The van der Waals surface area contributed by atoms with Gasteiger partial charge in [0.05, 0.1) is 6.61 Å². The molecule has 2 rings (SSSR count). The van der Waals surface area contributed by atoms with E-state index in [0.717, 1.165) is 38.5 Å². The predicted molar refractivity (Wildman–Crippen MR) is 98.8 cm³/mol. The molecule has 1 atom stereocenters.